The van der Waals surface area contributed by atoms with Crippen molar-refractivity contribution in [2.45, 2.75) is 18.4 Å². The van der Waals surface area contributed by atoms with E-state index in [4.69, 9.17) is 0 Å². The number of fused-ring (bicyclic) bond motifs is 3. The number of hydrogen-bond donors (Lipinski definition) is 1. The smallest absolute Gasteiger partial charge is 0.0875 e. The molecule has 1 saturated carbocycles. The predicted molar refractivity (Wildman–Crippen MR) is 104 cm³/mol. The molecule has 0 spiro atoms. The molecule has 1 heterocycles. The summed E-state index contributed by atoms with van der Waals surface area (Å²) in [4.78, 5) is 0. The van der Waals surface area contributed by atoms with Crippen molar-refractivity contribution >= 4 is 25.6 Å². The number of nitrogens with one attached hydrogen (secondary N) is 1. The average Bonchev–Trinajstić information content (AvgIpc) is 3.05. The Morgan fingerprint density at radius 1 is 0.833 bits per heavy atom. The normalized spacial score (nSPS) is 26.9. The topological polar surface area (TPSA) is 12.0 Å². The number of rotatable bonds is 3. The van der Waals surface area contributed by atoms with E-state index in [0.717, 1.165) is 0 Å². The van der Waals surface area contributed by atoms with Crippen LogP contribution in [0.4, 0.5) is 5.69 Å². The van der Waals surface area contributed by atoms with Crippen molar-refractivity contribution in [2.75, 3.05) is 5.32 Å². The number of benzene rings is 3. The SMILES string of the molecule is CC1[C@@H]2Nc3ccccc3C12c1cccc([SiH2]c2ccccc2)c1. The maximum Gasteiger partial charge on any atom is 0.0875 e. The Morgan fingerprint density at radius 2 is 1.58 bits per heavy atom. The van der Waals surface area contributed by atoms with Crippen LogP contribution in [-0.2, 0) is 5.41 Å². The van der Waals surface area contributed by atoms with Crippen molar-refractivity contribution in [3.05, 3.63) is 90.0 Å². The summed E-state index contributed by atoms with van der Waals surface area (Å²) in [6.07, 6.45) is 0. The first-order valence-electron chi connectivity index (χ1n) is 8.79. The van der Waals surface area contributed by atoms with Gasteiger partial charge in [-0.2, -0.15) is 0 Å². The van der Waals surface area contributed by atoms with Crippen molar-refractivity contribution < 1.29 is 0 Å². The van der Waals surface area contributed by atoms with Crippen LogP contribution in [0, 0.1) is 5.92 Å². The third-order valence-corrected chi connectivity index (χ3v) is 7.67. The van der Waals surface area contributed by atoms with Gasteiger partial charge in [-0.25, -0.2) is 0 Å². The van der Waals surface area contributed by atoms with Crippen LogP contribution in [0.2, 0.25) is 0 Å². The molecule has 1 fully saturated rings. The Bertz CT molecular complexity index is 905. The van der Waals surface area contributed by atoms with E-state index < -0.39 is 9.52 Å². The molecule has 5 rings (SSSR count). The standard InChI is InChI=1S/C22H21NSi/c1-15-21-22(15,19-12-5-6-13-20(19)23-21)16-8-7-11-18(14-16)24-17-9-3-2-4-10-17/h2-15,21,23H,24H2,1H3/t15?,21-,22?/m0/s1. The molecular formula is C22H21NSi. The Morgan fingerprint density at radius 3 is 2.46 bits per heavy atom. The van der Waals surface area contributed by atoms with Gasteiger partial charge in [0.05, 0.1) is 9.52 Å². The molecule has 2 aliphatic rings. The molecule has 0 saturated heterocycles. The summed E-state index contributed by atoms with van der Waals surface area (Å²) in [7, 11) is -0.403. The summed E-state index contributed by atoms with van der Waals surface area (Å²) >= 11 is 0. The molecular weight excluding hydrogens is 306 g/mol. The van der Waals surface area contributed by atoms with Gasteiger partial charge in [-0.05, 0) is 23.1 Å². The van der Waals surface area contributed by atoms with Crippen molar-refractivity contribution in [1.29, 1.82) is 0 Å². The van der Waals surface area contributed by atoms with Gasteiger partial charge in [-0.1, -0.05) is 90.1 Å². The minimum atomic E-state index is -0.403. The van der Waals surface area contributed by atoms with Gasteiger partial charge in [0.1, 0.15) is 0 Å². The highest BCUT2D eigenvalue weighted by Crippen LogP contribution is 2.65. The third-order valence-electron chi connectivity index (χ3n) is 5.94. The predicted octanol–water partition coefficient (Wildman–Crippen LogP) is 2.54. The van der Waals surface area contributed by atoms with Gasteiger partial charge >= 0.3 is 0 Å². The molecule has 1 aliphatic carbocycles. The Labute approximate surface area is 145 Å². The first-order valence-corrected chi connectivity index (χ1v) is 10.2. The molecule has 0 bridgehead atoms. The fourth-order valence-corrected chi connectivity index (χ4v) is 6.27. The molecule has 3 atom stereocenters. The van der Waals surface area contributed by atoms with E-state index in [1.54, 1.807) is 0 Å². The maximum absolute atomic E-state index is 3.74. The molecule has 2 unspecified atom stereocenters. The van der Waals surface area contributed by atoms with Gasteiger partial charge in [0.2, 0.25) is 0 Å². The van der Waals surface area contributed by atoms with Crippen LogP contribution in [0.1, 0.15) is 18.1 Å². The Kier molecular flexibility index (Phi) is 2.98. The highest BCUT2D eigenvalue weighted by molar-refractivity contribution is 6.67. The molecule has 0 aromatic heterocycles. The van der Waals surface area contributed by atoms with Crippen molar-refractivity contribution in [3.63, 3.8) is 0 Å². The number of hydrogen-bond acceptors (Lipinski definition) is 1. The van der Waals surface area contributed by atoms with Crippen molar-refractivity contribution in [3.8, 4) is 0 Å². The van der Waals surface area contributed by atoms with Crippen molar-refractivity contribution in [1.82, 2.24) is 0 Å². The molecule has 2 heteroatoms. The maximum atomic E-state index is 3.74. The third kappa shape index (κ3) is 1.86. The largest absolute Gasteiger partial charge is 0.380 e. The molecule has 24 heavy (non-hydrogen) atoms. The summed E-state index contributed by atoms with van der Waals surface area (Å²) in [6.45, 7) is 2.38. The van der Waals surface area contributed by atoms with Crippen LogP contribution in [0.5, 0.6) is 0 Å². The van der Waals surface area contributed by atoms with Gasteiger partial charge in [-0.15, -0.1) is 0 Å². The zero-order valence-corrected chi connectivity index (χ0v) is 15.3. The van der Waals surface area contributed by atoms with Crippen LogP contribution in [0.3, 0.4) is 0 Å². The summed E-state index contributed by atoms with van der Waals surface area (Å²) in [5.41, 5.74) is 4.50. The molecule has 0 amide bonds. The van der Waals surface area contributed by atoms with Gasteiger partial charge in [0.15, 0.2) is 0 Å². The van der Waals surface area contributed by atoms with Crippen LogP contribution in [0.15, 0.2) is 78.9 Å². The minimum absolute atomic E-state index is 0.192. The van der Waals surface area contributed by atoms with E-state index in [0.29, 0.717) is 12.0 Å². The molecule has 1 aliphatic heterocycles. The fraction of sp³-hybridized carbons (Fsp3) is 0.182. The number of para-hydroxylation sites is 1. The highest BCUT2D eigenvalue weighted by Gasteiger charge is 2.68. The molecule has 118 valence electrons. The minimum Gasteiger partial charge on any atom is -0.380 e. The van der Waals surface area contributed by atoms with Gasteiger partial charge in [-0.3, -0.25) is 0 Å². The summed E-state index contributed by atoms with van der Waals surface area (Å²) in [6, 6.07) is 29.8. The van der Waals surface area contributed by atoms with Gasteiger partial charge in [0.25, 0.3) is 0 Å². The summed E-state index contributed by atoms with van der Waals surface area (Å²) in [5, 5.41) is 6.79. The lowest BCUT2D eigenvalue weighted by atomic mass is 9.86. The second-order valence-electron chi connectivity index (χ2n) is 7.19. The van der Waals surface area contributed by atoms with Crippen LogP contribution in [0.25, 0.3) is 0 Å². The van der Waals surface area contributed by atoms with Gasteiger partial charge in [0, 0.05) is 17.1 Å². The van der Waals surface area contributed by atoms with Crippen LogP contribution >= 0.6 is 0 Å². The first-order chi connectivity index (χ1) is 11.8. The fourth-order valence-electron chi connectivity index (χ4n) is 4.72. The lowest BCUT2D eigenvalue weighted by Crippen LogP contribution is -2.28. The Hall–Kier alpha value is -2.32. The van der Waals surface area contributed by atoms with E-state index in [9.17, 15) is 0 Å². The molecule has 1 nitrogen and oxygen atoms in total. The summed E-state index contributed by atoms with van der Waals surface area (Å²) in [5.74, 6) is 0.668. The van der Waals surface area contributed by atoms with E-state index in [2.05, 4.69) is 91.1 Å². The zero-order chi connectivity index (χ0) is 16.1. The molecule has 3 aromatic carbocycles. The lowest BCUT2D eigenvalue weighted by molar-refractivity contribution is 0.756. The molecule has 0 radical (unpaired) electrons. The Balaban J connectivity index is 1.55. The lowest BCUT2D eigenvalue weighted by Gasteiger charge is -2.18. The second kappa shape index (κ2) is 5.09. The quantitative estimate of drug-likeness (QED) is 0.729. The average molecular weight is 328 g/mol. The van der Waals surface area contributed by atoms with Gasteiger partial charge < -0.3 is 5.32 Å². The van der Waals surface area contributed by atoms with E-state index in [-0.39, 0.29) is 5.41 Å². The highest BCUT2D eigenvalue weighted by atomic mass is 28.2. The first kappa shape index (κ1) is 14.1. The zero-order valence-electron chi connectivity index (χ0n) is 13.9. The van der Waals surface area contributed by atoms with E-state index in [1.165, 1.54) is 27.2 Å². The summed E-state index contributed by atoms with van der Waals surface area (Å²) < 4.78 is 0. The van der Waals surface area contributed by atoms with E-state index in [1.807, 2.05) is 0 Å². The van der Waals surface area contributed by atoms with E-state index >= 15 is 0 Å². The number of anilines is 1. The van der Waals surface area contributed by atoms with Crippen LogP contribution < -0.4 is 15.7 Å². The molecule has 3 aromatic rings. The monoisotopic (exact) mass is 327 g/mol. The molecule has 1 N–H and O–H groups in total. The van der Waals surface area contributed by atoms with Crippen molar-refractivity contribution in [2.24, 2.45) is 5.92 Å². The van der Waals surface area contributed by atoms with Crippen LogP contribution in [-0.4, -0.2) is 15.6 Å². The second-order valence-corrected chi connectivity index (χ2v) is 9.17.